The van der Waals surface area contributed by atoms with Gasteiger partial charge in [0.1, 0.15) is 0 Å². The first-order chi connectivity index (χ1) is 26.9. The molecule has 0 unspecified atom stereocenters. The predicted molar refractivity (Wildman–Crippen MR) is 281 cm³/mol. The molecule has 0 N–H and O–H groups in total. The van der Waals surface area contributed by atoms with E-state index >= 15 is 0 Å². The van der Waals surface area contributed by atoms with Gasteiger partial charge in [-0.2, -0.15) is 10.5 Å². The molecule has 6 rings (SSSR count). The van der Waals surface area contributed by atoms with Gasteiger partial charge in [-0.1, -0.05) is 143 Å². The number of nitriles is 2. The minimum absolute atomic E-state index is 0.589. The van der Waals surface area contributed by atoms with Crippen LogP contribution >= 0.6 is 188 Å². The topological polar surface area (TPSA) is 47.6 Å². The van der Waals surface area contributed by atoms with Crippen LogP contribution in [-0.2, 0) is 17.9 Å². The summed E-state index contributed by atoms with van der Waals surface area (Å²) in [6, 6.07) is 22.9. The maximum absolute atomic E-state index is 8.96. The Morgan fingerprint density at radius 2 is 0.673 bits per heavy atom. The van der Waals surface area contributed by atoms with Crippen molar-refractivity contribution in [3.8, 4) is 12.1 Å². The Bertz CT molecular complexity index is 1860. The van der Waals surface area contributed by atoms with Crippen LogP contribution in [0.25, 0.3) is 0 Å². The molecule has 0 saturated carbocycles. The molecule has 4 aliphatic heterocycles. The average molecular weight is 1020 g/mol. The van der Waals surface area contributed by atoms with Crippen LogP contribution in [0.4, 0.5) is 0 Å². The van der Waals surface area contributed by atoms with E-state index in [-0.39, 0.29) is 0 Å². The Labute approximate surface area is 394 Å². The third kappa shape index (κ3) is 13.2. The third-order valence-electron chi connectivity index (χ3n) is 7.31. The minimum Gasteiger partial charge on any atom is -0.198 e. The zero-order valence-electron chi connectivity index (χ0n) is 30.0. The van der Waals surface area contributed by atoms with Crippen LogP contribution in [0.1, 0.15) is 35.1 Å². The highest BCUT2D eigenvalue weighted by Crippen LogP contribution is 2.67. The first kappa shape index (κ1) is 46.0. The maximum atomic E-state index is 8.96. The van der Waals surface area contributed by atoms with Crippen LogP contribution in [0, 0.1) is 22.7 Å². The van der Waals surface area contributed by atoms with E-state index in [1.807, 2.05) is 188 Å². The first-order valence-electron chi connectivity index (χ1n) is 16.4. The van der Waals surface area contributed by atoms with Crippen molar-refractivity contribution < 1.29 is 0 Å². The van der Waals surface area contributed by atoms with Gasteiger partial charge in [0.05, 0.1) is 63.0 Å². The summed E-state index contributed by atoms with van der Waals surface area (Å²) >= 11 is 30.2. The monoisotopic (exact) mass is 1020 g/mol. The van der Waals surface area contributed by atoms with Crippen molar-refractivity contribution in [2.75, 3.05) is 36.5 Å². The molecule has 0 saturated heterocycles. The van der Waals surface area contributed by atoms with Crippen LogP contribution in [0.15, 0.2) is 99.4 Å². The molecule has 55 heavy (non-hydrogen) atoms. The van der Waals surface area contributed by atoms with Crippen LogP contribution < -0.4 is 0 Å². The fourth-order valence-electron chi connectivity index (χ4n) is 4.70. The molecule has 0 bridgehead atoms. The minimum atomic E-state index is 0.589. The highest BCUT2D eigenvalue weighted by Gasteiger charge is 2.31. The van der Waals surface area contributed by atoms with Crippen molar-refractivity contribution in [3.63, 3.8) is 0 Å². The molecule has 4 heterocycles. The molecule has 0 aliphatic carbocycles. The van der Waals surface area contributed by atoms with Crippen LogP contribution in [0.2, 0.25) is 0 Å². The van der Waals surface area contributed by atoms with Gasteiger partial charge >= 0.3 is 0 Å². The van der Waals surface area contributed by atoms with E-state index in [4.69, 9.17) is 10.5 Å². The second-order valence-corrected chi connectivity index (χ2v) is 29.7. The first-order valence-corrected chi connectivity index (χ1v) is 31.8. The Hall–Kier alpha value is 1.46. The Morgan fingerprint density at radius 1 is 0.400 bits per heavy atom. The van der Waals surface area contributed by atoms with Gasteiger partial charge in [-0.3, -0.25) is 0 Å². The van der Waals surface area contributed by atoms with E-state index in [1.165, 1.54) is 73.1 Å². The maximum Gasteiger partial charge on any atom is 0.0717 e. The van der Waals surface area contributed by atoms with Crippen molar-refractivity contribution in [3.05, 3.63) is 122 Å². The molecule has 2 aromatic carbocycles. The molecule has 2 aromatic rings. The molecule has 2 nitrogen and oxygen atoms in total. The standard InChI is InChI=1S/C37H34N2S16/c1-40-26-30(44-17-5-15-38)52-34(48-26)36-50-28(42-3)32(54-36)46-20-24-11-7-22(8-12-24)19-23-9-13-25(14-10-23)21-47-33-29(43-4)51-37(55-33)35-49-27(41-2)31(53-35)45-18-6-16-39/h7-14H,5-6,17-21H2,1-4H3/b36-34-,37-35-. The summed E-state index contributed by atoms with van der Waals surface area (Å²) < 4.78 is 16.6. The number of hydrogen-bond donors (Lipinski definition) is 0. The average Bonchev–Trinajstić information content (AvgIpc) is 4.02. The van der Waals surface area contributed by atoms with Crippen LogP contribution in [0.3, 0.4) is 0 Å². The normalized spacial score (nSPS) is 20.1. The zero-order chi connectivity index (χ0) is 38.6. The molecule has 0 amide bonds. The fourth-order valence-corrected chi connectivity index (χ4v) is 26.7. The van der Waals surface area contributed by atoms with Gasteiger partial charge in [0, 0.05) is 35.9 Å². The van der Waals surface area contributed by atoms with Crippen molar-refractivity contribution in [1.82, 2.24) is 0 Å². The summed E-state index contributed by atoms with van der Waals surface area (Å²) in [5.74, 6) is 3.64. The second-order valence-electron chi connectivity index (χ2n) is 11.0. The van der Waals surface area contributed by atoms with Crippen molar-refractivity contribution in [2.45, 2.75) is 30.8 Å². The van der Waals surface area contributed by atoms with Gasteiger partial charge in [0.25, 0.3) is 0 Å². The van der Waals surface area contributed by atoms with Crippen molar-refractivity contribution in [1.29, 1.82) is 10.5 Å². The van der Waals surface area contributed by atoms with E-state index in [0.717, 1.165) is 29.4 Å². The Kier molecular flexibility index (Phi) is 20.2. The van der Waals surface area contributed by atoms with E-state index in [1.54, 1.807) is 0 Å². The molecule has 0 spiro atoms. The summed E-state index contributed by atoms with van der Waals surface area (Å²) in [7, 11) is 0. The third-order valence-corrected chi connectivity index (χ3v) is 30.0. The van der Waals surface area contributed by atoms with Gasteiger partial charge in [-0.15, -0.1) is 94.1 Å². The van der Waals surface area contributed by atoms with E-state index < -0.39 is 0 Å². The highest BCUT2D eigenvalue weighted by molar-refractivity contribution is 8.46. The summed E-state index contributed by atoms with van der Waals surface area (Å²) in [5.41, 5.74) is 5.40. The fraction of sp³-hybridized carbons (Fsp3) is 0.297. The van der Waals surface area contributed by atoms with Gasteiger partial charge in [-0.25, -0.2) is 0 Å². The smallest absolute Gasteiger partial charge is 0.0717 e. The summed E-state index contributed by atoms with van der Waals surface area (Å²) in [4.78, 5) is 0. The number of rotatable bonds is 18. The molecule has 0 atom stereocenters. The van der Waals surface area contributed by atoms with E-state index in [0.29, 0.717) is 12.8 Å². The lowest BCUT2D eigenvalue weighted by atomic mass is 10.0. The largest absolute Gasteiger partial charge is 0.198 e. The quantitative estimate of drug-likeness (QED) is 0.133. The summed E-state index contributed by atoms with van der Waals surface area (Å²) in [6.45, 7) is 0. The molecular weight excluding hydrogens is 985 g/mol. The molecule has 18 heteroatoms. The van der Waals surface area contributed by atoms with Crippen molar-refractivity contribution >= 4 is 188 Å². The van der Waals surface area contributed by atoms with E-state index in [2.05, 4.69) is 85.7 Å². The predicted octanol–water partition coefficient (Wildman–Crippen LogP) is 17.2. The number of benzene rings is 2. The lowest BCUT2D eigenvalue weighted by Crippen LogP contribution is -1.90. The zero-order valence-corrected chi connectivity index (χ0v) is 43.1. The van der Waals surface area contributed by atoms with E-state index in [9.17, 15) is 0 Å². The van der Waals surface area contributed by atoms with Crippen LogP contribution in [-0.4, -0.2) is 36.5 Å². The Morgan fingerprint density at radius 3 is 0.964 bits per heavy atom. The second kappa shape index (κ2) is 24.2. The van der Waals surface area contributed by atoms with Gasteiger partial charge in [0.15, 0.2) is 0 Å². The molecule has 4 aliphatic rings. The van der Waals surface area contributed by atoms with Gasteiger partial charge < -0.3 is 0 Å². The lowest BCUT2D eigenvalue weighted by Gasteiger charge is -2.08. The van der Waals surface area contributed by atoms with Crippen LogP contribution in [0.5, 0.6) is 0 Å². The lowest BCUT2D eigenvalue weighted by molar-refractivity contribution is 1.18. The summed E-state index contributed by atoms with van der Waals surface area (Å²) in [6.07, 6.45) is 10.8. The molecule has 0 fully saturated rings. The number of hydrogen-bond acceptors (Lipinski definition) is 18. The van der Waals surface area contributed by atoms with Gasteiger partial charge in [-0.05, 0) is 53.7 Å². The number of thioether (sulfide) groups is 16. The number of nitrogens with zero attached hydrogens (tertiary/aromatic N) is 2. The molecule has 0 radical (unpaired) electrons. The molecule has 0 aromatic heterocycles. The SMILES string of the molecule is CSC1=C(SCCC#N)S/C(=C2/SC(SC)=C(SCc3ccc(Cc4ccc(CSC5=C(SC)S/C(=C6\SC(SC)=C(SCCC#N)S6)S5)cc4)cc3)S2)S1. The van der Waals surface area contributed by atoms with Gasteiger partial charge in [0.2, 0.25) is 0 Å². The van der Waals surface area contributed by atoms with Crippen molar-refractivity contribution in [2.24, 2.45) is 0 Å². The Balaban J connectivity index is 0.966. The summed E-state index contributed by atoms with van der Waals surface area (Å²) in [5, 5.41) is 17.9. The molecular formula is C37H34N2S16. The highest BCUT2D eigenvalue weighted by atomic mass is 32.3. The molecule has 288 valence electrons.